The Morgan fingerprint density at radius 1 is 1.14 bits per heavy atom. The van der Waals surface area contributed by atoms with E-state index in [1.807, 2.05) is 44.2 Å². The summed E-state index contributed by atoms with van der Waals surface area (Å²) < 4.78 is 1.67. The molecule has 3 rings (SSSR count). The highest BCUT2D eigenvalue weighted by Gasteiger charge is 2.12. The highest BCUT2D eigenvalue weighted by Crippen LogP contribution is 2.21. The smallest absolute Gasteiger partial charge is 0.234 e. The minimum absolute atomic E-state index is 0.0804. The number of anilines is 1. The summed E-state index contributed by atoms with van der Waals surface area (Å²) in [6.07, 6.45) is 3.44. The molecule has 0 aliphatic rings. The van der Waals surface area contributed by atoms with Crippen molar-refractivity contribution in [2.24, 2.45) is 0 Å². The Hall–Kier alpha value is -2.67. The van der Waals surface area contributed by atoms with Crippen LogP contribution in [0.5, 0.6) is 0 Å². The Labute approximate surface area is 169 Å². The van der Waals surface area contributed by atoms with Gasteiger partial charge in [-0.25, -0.2) is 0 Å². The first-order chi connectivity index (χ1) is 13.6. The van der Waals surface area contributed by atoms with E-state index in [2.05, 4.69) is 39.9 Å². The summed E-state index contributed by atoms with van der Waals surface area (Å²) in [6, 6.07) is 14.2. The van der Waals surface area contributed by atoms with E-state index in [1.165, 1.54) is 30.2 Å². The molecule has 0 atom stereocenters. The number of unbranched alkanes of at least 4 members (excludes halogenated alkanes) is 1. The molecule has 28 heavy (non-hydrogen) atoms. The number of hydrogen-bond donors (Lipinski definition) is 1. The summed E-state index contributed by atoms with van der Waals surface area (Å²) in [7, 11) is 0. The third kappa shape index (κ3) is 5.19. The van der Waals surface area contributed by atoms with Gasteiger partial charge in [-0.15, -0.1) is 5.10 Å². The van der Waals surface area contributed by atoms with Crippen molar-refractivity contribution in [1.82, 2.24) is 20.2 Å². The second kappa shape index (κ2) is 9.50. The van der Waals surface area contributed by atoms with E-state index >= 15 is 0 Å². The first kappa shape index (κ1) is 20.1. The van der Waals surface area contributed by atoms with Crippen LogP contribution in [0.25, 0.3) is 5.69 Å². The van der Waals surface area contributed by atoms with Crippen LogP contribution in [0.4, 0.5) is 5.69 Å². The van der Waals surface area contributed by atoms with Crippen molar-refractivity contribution in [2.45, 2.75) is 45.2 Å². The van der Waals surface area contributed by atoms with Crippen molar-refractivity contribution >= 4 is 23.4 Å². The number of tetrazole rings is 1. The van der Waals surface area contributed by atoms with Crippen LogP contribution in [0, 0.1) is 13.8 Å². The van der Waals surface area contributed by atoms with Gasteiger partial charge in [0.05, 0.1) is 11.4 Å². The average Bonchev–Trinajstić information content (AvgIpc) is 3.16. The van der Waals surface area contributed by atoms with Crippen LogP contribution in [0.1, 0.15) is 36.5 Å². The summed E-state index contributed by atoms with van der Waals surface area (Å²) in [5.41, 5.74) is 5.19. The van der Waals surface area contributed by atoms with Gasteiger partial charge in [-0.2, -0.15) is 4.68 Å². The molecule has 0 bridgehead atoms. The molecule has 0 aliphatic heterocycles. The van der Waals surface area contributed by atoms with Crippen LogP contribution < -0.4 is 5.32 Å². The monoisotopic (exact) mass is 395 g/mol. The summed E-state index contributed by atoms with van der Waals surface area (Å²) in [4.78, 5) is 12.4. The van der Waals surface area contributed by atoms with E-state index in [9.17, 15) is 4.79 Å². The lowest BCUT2D eigenvalue weighted by atomic mass is 10.1. The number of nitrogens with zero attached hydrogens (tertiary/aromatic N) is 4. The van der Waals surface area contributed by atoms with Crippen molar-refractivity contribution in [3.63, 3.8) is 0 Å². The molecule has 0 fully saturated rings. The molecule has 0 aliphatic carbocycles. The normalized spacial score (nSPS) is 10.8. The number of carbonyl (C=O) groups excluding carboxylic acids is 1. The zero-order valence-corrected chi connectivity index (χ0v) is 17.3. The average molecular weight is 396 g/mol. The highest BCUT2D eigenvalue weighted by atomic mass is 32.2. The molecule has 3 aromatic rings. The molecule has 1 aromatic heterocycles. The lowest BCUT2D eigenvalue weighted by molar-refractivity contribution is -0.113. The van der Waals surface area contributed by atoms with Crippen LogP contribution in [-0.4, -0.2) is 31.9 Å². The van der Waals surface area contributed by atoms with E-state index in [-0.39, 0.29) is 11.7 Å². The number of nitrogens with one attached hydrogen (secondary N) is 1. The fourth-order valence-electron chi connectivity index (χ4n) is 2.80. The van der Waals surface area contributed by atoms with Crippen molar-refractivity contribution in [1.29, 1.82) is 0 Å². The van der Waals surface area contributed by atoms with Gasteiger partial charge < -0.3 is 5.32 Å². The van der Waals surface area contributed by atoms with Gasteiger partial charge in [0, 0.05) is 5.69 Å². The first-order valence-electron chi connectivity index (χ1n) is 9.44. The first-order valence-corrected chi connectivity index (χ1v) is 10.4. The predicted molar refractivity (Wildman–Crippen MR) is 113 cm³/mol. The Bertz CT molecular complexity index is 936. The Balaban J connectivity index is 1.62. The molecule has 0 saturated carbocycles. The highest BCUT2D eigenvalue weighted by molar-refractivity contribution is 7.99. The maximum atomic E-state index is 12.4. The van der Waals surface area contributed by atoms with E-state index in [4.69, 9.17) is 0 Å². The van der Waals surface area contributed by atoms with Gasteiger partial charge in [-0.05, 0) is 72.0 Å². The van der Waals surface area contributed by atoms with Crippen LogP contribution in [0.15, 0.2) is 47.6 Å². The van der Waals surface area contributed by atoms with Crippen LogP contribution in [0.2, 0.25) is 0 Å². The lowest BCUT2D eigenvalue weighted by Crippen LogP contribution is -2.15. The molecule has 0 unspecified atom stereocenters. The molecule has 0 radical (unpaired) electrons. The number of carbonyl (C=O) groups is 1. The minimum Gasteiger partial charge on any atom is -0.325 e. The third-order valence-corrected chi connectivity index (χ3v) is 5.36. The van der Waals surface area contributed by atoms with Gasteiger partial charge in [-0.3, -0.25) is 4.79 Å². The lowest BCUT2D eigenvalue weighted by Gasteiger charge is -2.09. The number of aromatic nitrogens is 4. The predicted octanol–water partition coefficient (Wildman–Crippen LogP) is 4.35. The van der Waals surface area contributed by atoms with Gasteiger partial charge in [0.25, 0.3) is 0 Å². The van der Waals surface area contributed by atoms with Crippen molar-refractivity contribution in [3.8, 4) is 5.69 Å². The topological polar surface area (TPSA) is 72.7 Å². The number of hydrogen-bond acceptors (Lipinski definition) is 5. The molecule has 1 heterocycles. The summed E-state index contributed by atoms with van der Waals surface area (Å²) in [6.45, 7) is 6.17. The number of thioether (sulfide) groups is 1. The maximum Gasteiger partial charge on any atom is 0.234 e. The fraction of sp³-hybridized carbons (Fsp3) is 0.333. The largest absolute Gasteiger partial charge is 0.325 e. The molecule has 7 heteroatoms. The zero-order valence-electron chi connectivity index (χ0n) is 16.5. The van der Waals surface area contributed by atoms with Gasteiger partial charge in [0.2, 0.25) is 11.1 Å². The summed E-state index contributed by atoms with van der Waals surface area (Å²) in [5.74, 6) is 0.158. The van der Waals surface area contributed by atoms with Crippen molar-refractivity contribution < 1.29 is 4.79 Å². The number of aryl methyl sites for hydroxylation is 3. The van der Waals surface area contributed by atoms with Gasteiger partial charge in [-0.1, -0.05) is 49.4 Å². The molecule has 1 N–H and O–H groups in total. The summed E-state index contributed by atoms with van der Waals surface area (Å²) >= 11 is 1.32. The quantitative estimate of drug-likeness (QED) is 0.574. The van der Waals surface area contributed by atoms with Gasteiger partial charge >= 0.3 is 0 Å². The number of amides is 1. The molecule has 2 aromatic carbocycles. The Kier molecular flexibility index (Phi) is 6.81. The van der Waals surface area contributed by atoms with E-state index in [0.29, 0.717) is 5.16 Å². The second-order valence-corrected chi connectivity index (χ2v) is 7.74. The standard InChI is InChI=1S/C21H25N5OS/c1-4-5-6-17-9-11-18(12-10-17)26-21(23-24-25-26)28-14-20(27)22-19-13-15(2)7-8-16(19)3/h7-13H,4-6,14H2,1-3H3,(H,22,27). The van der Waals surface area contributed by atoms with Gasteiger partial charge in [0.1, 0.15) is 0 Å². The van der Waals surface area contributed by atoms with Crippen molar-refractivity contribution in [3.05, 3.63) is 59.2 Å². The van der Waals surface area contributed by atoms with E-state index in [1.54, 1.807) is 4.68 Å². The summed E-state index contributed by atoms with van der Waals surface area (Å²) in [5, 5.41) is 15.5. The Morgan fingerprint density at radius 3 is 2.68 bits per heavy atom. The molecule has 0 saturated heterocycles. The fourth-order valence-corrected chi connectivity index (χ4v) is 3.49. The molecule has 1 amide bonds. The third-order valence-electron chi connectivity index (χ3n) is 4.44. The number of benzene rings is 2. The molecule has 146 valence electrons. The van der Waals surface area contributed by atoms with Crippen LogP contribution in [0.3, 0.4) is 0 Å². The second-order valence-electron chi connectivity index (χ2n) is 6.80. The molecule has 6 nitrogen and oxygen atoms in total. The van der Waals surface area contributed by atoms with Crippen LogP contribution >= 0.6 is 11.8 Å². The molecular formula is C21H25N5OS. The van der Waals surface area contributed by atoms with E-state index in [0.717, 1.165) is 28.9 Å². The SMILES string of the molecule is CCCCc1ccc(-n2nnnc2SCC(=O)Nc2cc(C)ccc2C)cc1. The van der Waals surface area contributed by atoms with Crippen LogP contribution in [-0.2, 0) is 11.2 Å². The van der Waals surface area contributed by atoms with E-state index < -0.39 is 0 Å². The zero-order chi connectivity index (χ0) is 19.9. The molecule has 0 spiro atoms. The Morgan fingerprint density at radius 2 is 1.93 bits per heavy atom. The maximum absolute atomic E-state index is 12.4. The van der Waals surface area contributed by atoms with Crippen molar-refractivity contribution in [2.75, 3.05) is 11.1 Å². The number of rotatable bonds is 8. The van der Waals surface area contributed by atoms with Gasteiger partial charge in [0.15, 0.2) is 0 Å². The molecular weight excluding hydrogens is 370 g/mol. The minimum atomic E-state index is -0.0804.